The van der Waals surface area contributed by atoms with E-state index in [1.807, 2.05) is 6.07 Å². The average molecular weight is 236 g/mol. The molecule has 0 radical (unpaired) electrons. The summed E-state index contributed by atoms with van der Waals surface area (Å²) in [5.74, 6) is 0.756. The Labute approximate surface area is 105 Å². The van der Waals surface area contributed by atoms with Gasteiger partial charge in [-0.3, -0.25) is 0 Å². The average Bonchev–Trinajstić information content (AvgIpc) is 2.35. The molecule has 0 aromatic carbocycles. The number of aromatic nitrogens is 1. The van der Waals surface area contributed by atoms with E-state index in [1.54, 1.807) is 0 Å². The highest BCUT2D eigenvalue weighted by Gasteiger charge is 2.06. The highest BCUT2D eigenvalue weighted by Crippen LogP contribution is 2.15. The predicted octanol–water partition coefficient (Wildman–Crippen LogP) is 2.93. The number of nitrogens with zero attached hydrogens (tertiary/aromatic N) is 1. The molecule has 1 aromatic rings. The van der Waals surface area contributed by atoms with Crippen LogP contribution in [0.5, 0.6) is 5.88 Å². The predicted molar refractivity (Wildman–Crippen MR) is 71.4 cm³/mol. The molecule has 1 atom stereocenters. The molecule has 0 bridgehead atoms. The minimum Gasteiger partial charge on any atom is -0.475 e. The van der Waals surface area contributed by atoms with Gasteiger partial charge in [-0.05, 0) is 37.9 Å². The molecule has 96 valence electrons. The van der Waals surface area contributed by atoms with Crippen molar-refractivity contribution in [2.45, 2.75) is 53.2 Å². The van der Waals surface area contributed by atoms with Gasteiger partial charge in [0.05, 0.1) is 6.10 Å². The number of hydrogen-bond acceptors (Lipinski definition) is 3. The van der Waals surface area contributed by atoms with E-state index < -0.39 is 0 Å². The second-order valence-corrected chi connectivity index (χ2v) is 4.28. The van der Waals surface area contributed by atoms with E-state index in [1.165, 1.54) is 5.56 Å². The second-order valence-electron chi connectivity index (χ2n) is 4.28. The molecule has 1 unspecified atom stereocenters. The summed E-state index contributed by atoms with van der Waals surface area (Å²) in [6, 6.07) is 4.18. The molecule has 3 heteroatoms. The van der Waals surface area contributed by atoms with Crippen molar-refractivity contribution in [1.29, 1.82) is 0 Å². The van der Waals surface area contributed by atoms with E-state index in [0.29, 0.717) is 0 Å². The Hall–Kier alpha value is -1.09. The molecular weight excluding hydrogens is 212 g/mol. The first kappa shape index (κ1) is 14.0. The van der Waals surface area contributed by atoms with Crippen LogP contribution in [0.3, 0.4) is 0 Å². The normalized spacial score (nSPS) is 12.5. The molecular formula is C14H24N2O. The van der Waals surface area contributed by atoms with Crippen LogP contribution in [-0.4, -0.2) is 17.6 Å². The molecule has 0 aliphatic heterocycles. The fraction of sp³-hybridized carbons (Fsp3) is 0.643. The summed E-state index contributed by atoms with van der Waals surface area (Å²) >= 11 is 0. The van der Waals surface area contributed by atoms with Crippen molar-refractivity contribution in [3.8, 4) is 5.88 Å². The van der Waals surface area contributed by atoms with E-state index in [0.717, 1.165) is 37.5 Å². The van der Waals surface area contributed by atoms with Crippen LogP contribution in [-0.2, 0) is 13.0 Å². The van der Waals surface area contributed by atoms with Crippen LogP contribution in [0, 0.1) is 0 Å². The van der Waals surface area contributed by atoms with Crippen molar-refractivity contribution in [2.24, 2.45) is 0 Å². The summed E-state index contributed by atoms with van der Waals surface area (Å²) in [6.45, 7) is 10.3. The summed E-state index contributed by atoms with van der Waals surface area (Å²) in [5, 5.41) is 3.33. The molecule has 1 N–H and O–H groups in total. The van der Waals surface area contributed by atoms with Crippen molar-refractivity contribution in [1.82, 2.24) is 10.3 Å². The van der Waals surface area contributed by atoms with Gasteiger partial charge in [-0.25, -0.2) is 4.98 Å². The molecule has 0 fully saturated rings. The maximum Gasteiger partial charge on any atom is 0.214 e. The number of aryl methyl sites for hydroxylation is 1. The number of ether oxygens (including phenoxy) is 1. The van der Waals surface area contributed by atoms with Gasteiger partial charge in [0, 0.05) is 18.3 Å². The topological polar surface area (TPSA) is 34.2 Å². The summed E-state index contributed by atoms with van der Waals surface area (Å²) < 4.78 is 5.79. The first-order valence-electron chi connectivity index (χ1n) is 6.56. The first-order chi connectivity index (χ1) is 8.19. The van der Waals surface area contributed by atoms with Crippen LogP contribution < -0.4 is 10.1 Å². The molecule has 0 spiro atoms. The van der Waals surface area contributed by atoms with Gasteiger partial charge in [-0.15, -0.1) is 0 Å². The largest absolute Gasteiger partial charge is 0.475 e. The van der Waals surface area contributed by atoms with Gasteiger partial charge in [-0.1, -0.05) is 20.8 Å². The van der Waals surface area contributed by atoms with E-state index in [2.05, 4.69) is 44.1 Å². The number of hydrogen-bond donors (Lipinski definition) is 1. The Kier molecular flexibility index (Phi) is 5.98. The molecule has 1 aromatic heterocycles. The molecule has 0 aliphatic rings. The molecule has 0 amide bonds. The fourth-order valence-corrected chi connectivity index (χ4v) is 1.52. The smallest absolute Gasteiger partial charge is 0.214 e. The highest BCUT2D eigenvalue weighted by atomic mass is 16.5. The van der Waals surface area contributed by atoms with Crippen LogP contribution in [0.4, 0.5) is 0 Å². The number of nitrogens with one attached hydrogen (secondary N) is 1. The van der Waals surface area contributed by atoms with Gasteiger partial charge in [0.2, 0.25) is 5.88 Å². The highest BCUT2D eigenvalue weighted by molar-refractivity contribution is 5.25. The monoisotopic (exact) mass is 236 g/mol. The maximum absolute atomic E-state index is 5.79. The zero-order valence-electron chi connectivity index (χ0n) is 11.4. The van der Waals surface area contributed by atoms with Crippen molar-refractivity contribution in [3.05, 3.63) is 23.4 Å². The summed E-state index contributed by atoms with van der Waals surface area (Å²) in [4.78, 5) is 4.50. The van der Waals surface area contributed by atoms with Gasteiger partial charge in [0.1, 0.15) is 0 Å². The van der Waals surface area contributed by atoms with E-state index in [-0.39, 0.29) is 6.10 Å². The van der Waals surface area contributed by atoms with E-state index in [4.69, 9.17) is 4.74 Å². The van der Waals surface area contributed by atoms with Crippen molar-refractivity contribution >= 4 is 0 Å². The lowest BCUT2D eigenvalue weighted by Crippen LogP contribution is -2.14. The summed E-state index contributed by atoms with van der Waals surface area (Å²) in [5.41, 5.74) is 2.34. The minimum atomic E-state index is 0.224. The molecule has 0 aliphatic carbocycles. The quantitative estimate of drug-likeness (QED) is 0.790. The maximum atomic E-state index is 5.79. The summed E-state index contributed by atoms with van der Waals surface area (Å²) in [7, 11) is 0. The molecule has 3 nitrogen and oxygen atoms in total. The van der Waals surface area contributed by atoms with Crippen LogP contribution in [0.2, 0.25) is 0 Å². The van der Waals surface area contributed by atoms with Gasteiger partial charge < -0.3 is 10.1 Å². The van der Waals surface area contributed by atoms with Gasteiger partial charge in [-0.2, -0.15) is 0 Å². The Morgan fingerprint density at radius 2 is 2.06 bits per heavy atom. The molecule has 1 heterocycles. The SMILES string of the molecule is CCNCc1cc(CC)nc(OC(C)CC)c1. The lowest BCUT2D eigenvalue weighted by Gasteiger charge is -2.14. The second kappa shape index (κ2) is 7.28. The van der Waals surface area contributed by atoms with Crippen molar-refractivity contribution in [2.75, 3.05) is 6.54 Å². The third kappa shape index (κ3) is 4.73. The fourth-order valence-electron chi connectivity index (χ4n) is 1.52. The Morgan fingerprint density at radius 3 is 2.65 bits per heavy atom. The summed E-state index contributed by atoms with van der Waals surface area (Å²) in [6.07, 6.45) is 2.17. The standard InChI is InChI=1S/C14H24N2O/c1-5-11(4)17-14-9-12(10-15-7-3)8-13(6-2)16-14/h8-9,11,15H,5-7,10H2,1-4H3. The molecule has 0 saturated carbocycles. The molecule has 1 rings (SSSR count). The van der Waals surface area contributed by atoms with Gasteiger partial charge >= 0.3 is 0 Å². The zero-order chi connectivity index (χ0) is 12.7. The lowest BCUT2D eigenvalue weighted by molar-refractivity contribution is 0.208. The number of rotatable bonds is 7. The first-order valence-corrected chi connectivity index (χ1v) is 6.56. The zero-order valence-corrected chi connectivity index (χ0v) is 11.4. The van der Waals surface area contributed by atoms with Crippen LogP contribution in [0.1, 0.15) is 45.4 Å². The Bertz CT molecular complexity index is 339. The van der Waals surface area contributed by atoms with Gasteiger partial charge in [0.25, 0.3) is 0 Å². The van der Waals surface area contributed by atoms with Crippen LogP contribution >= 0.6 is 0 Å². The Balaban J connectivity index is 2.80. The van der Waals surface area contributed by atoms with Crippen molar-refractivity contribution in [3.63, 3.8) is 0 Å². The molecule has 17 heavy (non-hydrogen) atoms. The molecule has 0 saturated heterocycles. The third-order valence-corrected chi connectivity index (χ3v) is 2.75. The van der Waals surface area contributed by atoms with Crippen molar-refractivity contribution < 1.29 is 4.74 Å². The van der Waals surface area contributed by atoms with E-state index >= 15 is 0 Å². The van der Waals surface area contributed by atoms with E-state index in [9.17, 15) is 0 Å². The minimum absolute atomic E-state index is 0.224. The van der Waals surface area contributed by atoms with Crippen LogP contribution in [0.25, 0.3) is 0 Å². The van der Waals surface area contributed by atoms with Gasteiger partial charge in [0.15, 0.2) is 0 Å². The lowest BCUT2D eigenvalue weighted by atomic mass is 10.2. The third-order valence-electron chi connectivity index (χ3n) is 2.75. The Morgan fingerprint density at radius 1 is 1.29 bits per heavy atom. The van der Waals surface area contributed by atoms with Crippen LogP contribution in [0.15, 0.2) is 12.1 Å². The number of pyridine rings is 1.